The Morgan fingerprint density at radius 3 is 1.70 bits per heavy atom. The molecule has 40 heavy (non-hydrogen) atoms. The standard InChI is InChI=1S/C27H23N3O10/c1-15-5-3-7-18(13-15)26(35)39-21(22(25(33)34)40-27(36)19-8-4-6-16(2)14-19)24(32)29-28-23(31)17-9-11-20(12-10-17)30(37)38/h3-14,21-22H,1-2H3,(H,28,31)(H,29,32)(H,33,34)/t21-,22+/m1/s1. The minimum atomic E-state index is -2.31. The van der Waals surface area contributed by atoms with Crippen LogP contribution in [0.25, 0.3) is 0 Å². The topological polar surface area (TPSA) is 191 Å². The summed E-state index contributed by atoms with van der Waals surface area (Å²) < 4.78 is 10.3. The van der Waals surface area contributed by atoms with Crippen molar-refractivity contribution in [2.75, 3.05) is 0 Å². The number of benzene rings is 3. The zero-order valence-electron chi connectivity index (χ0n) is 21.2. The van der Waals surface area contributed by atoms with Crippen molar-refractivity contribution >= 4 is 35.4 Å². The smallest absolute Gasteiger partial charge is 0.349 e. The Labute approximate surface area is 226 Å². The van der Waals surface area contributed by atoms with Gasteiger partial charge in [-0.15, -0.1) is 0 Å². The molecule has 2 atom stereocenters. The van der Waals surface area contributed by atoms with Crippen molar-refractivity contribution in [3.63, 3.8) is 0 Å². The van der Waals surface area contributed by atoms with E-state index >= 15 is 0 Å². The van der Waals surface area contributed by atoms with Crippen LogP contribution in [0.2, 0.25) is 0 Å². The Hall–Kier alpha value is -5.59. The second-order valence-corrected chi connectivity index (χ2v) is 8.48. The monoisotopic (exact) mass is 549 g/mol. The van der Waals surface area contributed by atoms with Gasteiger partial charge in [0.2, 0.25) is 12.2 Å². The van der Waals surface area contributed by atoms with Gasteiger partial charge in [0.05, 0.1) is 16.1 Å². The Bertz CT molecular complexity index is 1470. The number of rotatable bonds is 9. The van der Waals surface area contributed by atoms with Crippen molar-refractivity contribution in [1.82, 2.24) is 10.9 Å². The highest BCUT2D eigenvalue weighted by molar-refractivity contribution is 5.99. The summed E-state index contributed by atoms with van der Waals surface area (Å²) in [5.41, 5.74) is 4.91. The number of nitro benzene ring substituents is 1. The molecule has 0 bridgehead atoms. The van der Waals surface area contributed by atoms with Crippen molar-refractivity contribution in [2.24, 2.45) is 0 Å². The number of ether oxygens (including phenoxy) is 2. The number of carboxylic acids is 1. The molecule has 0 saturated heterocycles. The molecule has 3 aromatic carbocycles. The molecule has 13 nitrogen and oxygen atoms in total. The molecule has 2 amide bonds. The van der Waals surface area contributed by atoms with Crippen LogP contribution in [-0.2, 0) is 19.1 Å². The summed E-state index contributed by atoms with van der Waals surface area (Å²) in [7, 11) is 0. The van der Waals surface area contributed by atoms with E-state index in [9.17, 15) is 39.2 Å². The average Bonchev–Trinajstić information content (AvgIpc) is 2.93. The van der Waals surface area contributed by atoms with E-state index in [2.05, 4.69) is 0 Å². The quantitative estimate of drug-likeness (QED) is 0.203. The number of hydrazine groups is 1. The third kappa shape index (κ3) is 7.47. The summed E-state index contributed by atoms with van der Waals surface area (Å²) in [5.74, 6) is -6.25. The highest BCUT2D eigenvalue weighted by atomic mass is 16.6. The number of aryl methyl sites for hydroxylation is 2. The van der Waals surface area contributed by atoms with Crippen LogP contribution >= 0.6 is 0 Å². The van der Waals surface area contributed by atoms with Gasteiger partial charge in [0.15, 0.2) is 0 Å². The molecule has 0 aliphatic rings. The van der Waals surface area contributed by atoms with Gasteiger partial charge in [-0.2, -0.15) is 0 Å². The van der Waals surface area contributed by atoms with Crippen LogP contribution < -0.4 is 10.9 Å². The molecule has 3 N–H and O–H groups in total. The molecule has 0 aliphatic carbocycles. The van der Waals surface area contributed by atoms with E-state index < -0.39 is 46.9 Å². The molecule has 3 rings (SSSR count). The number of carboxylic acid groups (broad SMARTS) is 1. The Morgan fingerprint density at radius 1 is 0.750 bits per heavy atom. The number of hydrogen-bond acceptors (Lipinski definition) is 9. The third-order valence-electron chi connectivity index (χ3n) is 5.39. The van der Waals surface area contributed by atoms with Crippen LogP contribution in [0.3, 0.4) is 0 Å². The molecule has 13 heteroatoms. The lowest BCUT2D eigenvalue weighted by Gasteiger charge is -2.23. The van der Waals surface area contributed by atoms with Crippen molar-refractivity contribution in [3.05, 3.63) is 111 Å². The van der Waals surface area contributed by atoms with Crippen LogP contribution in [-0.4, -0.2) is 52.0 Å². The molecule has 0 aliphatic heterocycles. The minimum Gasteiger partial charge on any atom is -0.478 e. The van der Waals surface area contributed by atoms with E-state index in [-0.39, 0.29) is 22.4 Å². The molecule has 0 spiro atoms. The number of non-ortho nitro benzene ring substituents is 1. The fourth-order valence-electron chi connectivity index (χ4n) is 3.40. The molecule has 3 aromatic rings. The summed E-state index contributed by atoms with van der Waals surface area (Å²) in [6, 6.07) is 16.4. The van der Waals surface area contributed by atoms with Crippen LogP contribution in [0.4, 0.5) is 5.69 Å². The van der Waals surface area contributed by atoms with Gasteiger partial charge in [-0.05, 0) is 50.2 Å². The molecule has 0 radical (unpaired) electrons. The van der Waals surface area contributed by atoms with Crippen LogP contribution in [0.15, 0.2) is 72.8 Å². The highest BCUT2D eigenvalue weighted by Crippen LogP contribution is 2.15. The van der Waals surface area contributed by atoms with Gasteiger partial charge in [-0.3, -0.25) is 30.6 Å². The number of esters is 2. The maximum absolute atomic E-state index is 13.0. The van der Waals surface area contributed by atoms with E-state index in [1.807, 2.05) is 10.9 Å². The average molecular weight is 549 g/mol. The van der Waals surface area contributed by atoms with Gasteiger partial charge >= 0.3 is 17.9 Å². The largest absolute Gasteiger partial charge is 0.478 e. The molecular formula is C27H23N3O10. The second-order valence-electron chi connectivity index (χ2n) is 8.48. The lowest BCUT2D eigenvalue weighted by Crippen LogP contribution is -2.54. The summed E-state index contributed by atoms with van der Waals surface area (Å²) in [5, 5.41) is 20.6. The second kappa shape index (κ2) is 12.8. The van der Waals surface area contributed by atoms with Gasteiger partial charge in [-0.25, -0.2) is 14.4 Å². The third-order valence-corrected chi connectivity index (χ3v) is 5.39. The van der Waals surface area contributed by atoms with Crippen LogP contribution in [0.5, 0.6) is 0 Å². The summed E-state index contributed by atoms with van der Waals surface area (Å²) in [4.78, 5) is 73.2. The number of nitrogens with one attached hydrogen (secondary N) is 2. The fraction of sp³-hybridized carbons (Fsp3) is 0.148. The first-order valence-electron chi connectivity index (χ1n) is 11.6. The van der Waals surface area contributed by atoms with Gasteiger partial charge in [0.25, 0.3) is 17.5 Å². The van der Waals surface area contributed by atoms with Crippen LogP contribution in [0.1, 0.15) is 42.2 Å². The maximum Gasteiger partial charge on any atom is 0.349 e. The van der Waals surface area contributed by atoms with E-state index in [1.54, 1.807) is 26.0 Å². The molecule has 0 unspecified atom stereocenters. The molecule has 0 heterocycles. The first-order chi connectivity index (χ1) is 19.0. The van der Waals surface area contributed by atoms with Crippen molar-refractivity contribution < 1.29 is 43.5 Å². The molecule has 206 valence electrons. The summed E-state index contributed by atoms with van der Waals surface area (Å²) in [6.45, 7) is 3.39. The first-order valence-corrected chi connectivity index (χ1v) is 11.6. The van der Waals surface area contributed by atoms with Crippen molar-refractivity contribution in [3.8, 4) is 0 Å². The number of nitrogens with zero attached hydrogens (tertiary/aromatic N) is 1. The lowest BCUT2D eigenvalue weighted by atomic mass is 10.1. The van der Waals surface area contributed by atoms with Crippen molar-refractivity contribution in [1.29, 1.82) is 0 Å². The maximum atomic E-state index is 13.0. The number of hydrogen-bond donors (Lipinski definition) is 3. The summed E-state index contributed by atoms with van der Waals surface area (Å²) in [6.07, 6.45) is -4.55. The molecule has 0 fully saturated rings. The van der Waals surface area contributed by atoms with Crippen molar-refractivity contribution in [2.45, 2.75) is 26.1 Å². The lowest BCUT2D eigenvalue weighted by molar-refractivity contribution is -0.384. The van der Waals surface area contributed by atoms with Crippen LogP contribution in [0, 0.1) is 24.0 Å². The number of nitro groups is 1. The molecular weight excluding hydrogens is 526 g/mol. The van der Waals surface area contributed by atoms with E-state index in [1.165, 1.54) is 36.4 Å². The Kier molecular flexibility index (Phi) is 9.25. The Balaban J connectivity index is 1.84. The Morgan fingerprint density at radius 2 is 1.25 bits per heavy atom. The van der Waals surface area contributed by atoms with Gasteiger partial charge < -0.3 is 14.6 Å². The highest BCUT2D eigenvalue weighted by Gasteiger charge is 2.41. The van der Waals surface area contributed by atoms with Gasteiger partial charge in [0, 0.05) is 17.7 Å². The SMILES string of the molecule is Cc1cccc(C(=O)O[C@H](C(=O)O)[C@@H](OC(=O)c2cccc(C)c2)C(=O)NNC(=O)c2ccc([N+](=O)[O-])cc2)c1. The fourth-order valence-corrected chi connectivity index (χ4v) is 3.40. The van der Waals surface area contributed by atoms with Gasteiger partial charge in [-0.1, -0.05) is 35.4 Å². The normalized spacial score (nSPS) is 11.8. The molecule has 0 saturated carbocycles. The first kappa shape index (κ1) is 29.0. The zero-order chi connectivity index (χ0) is 29.4. The summed E-state index contributed by atoms with van der Waals surface area (Å²) >= 11 is 0. The number of carbonyl (C=O) groups is 5. The predicted molar refractivity (Wildman–Crippen MR) is 137 cm³/mol. The predicted octanol–water partition coefficient (Wildman–Crippen LogP) is 2.51. The molecule has 0 aromatic heterocycles. The number of carbonyl (C=O) groups excluding carboxylic acids is 4. The van der Waals surface area contributed by atoms with Gasteiger partial charge in [0.1, 0.15) is 0 Å². The number of aliphatic carboxylic acids is 1. The number of amides is 2. The van der Waals surface area contributed by atoms with E-state index in [4.69, 9.17) is 9.47 Å². The minimum absolute atomic E-state index is 0.0121. The zero-order valence-corrected chi connectivity index (χ0v) is 21.2. The van der Waals surface area contributed by atoms with E-state index in [0.717, 1.165) is 24.3 Å². The van der Waals surface area contributed by atoms with E-state index in [0.29, 0.717) is 11.1 Å².